The normalized spacial score (nSPS) is 23.2. The molecule has 0 saturated carbocycles. The first-order valence-corrected chi connectivity index (χ1v) is 6.86. The van der Waals surface area contributed by atoms with Gasteiger partial charge in [0.25, 0.3) is 0 Å². The number of aryl methyl sites for hydroxylation is 1. The standard InChI is InChI=1S/C11H16N4O3S/c1-6-3-8(9(16)17)5-15(4-6)11(18)12-10-14-13-7(2)19-10/h6,8H,3-5H2,1-2H3,(H,16,17)(H,12,14,18). The number of nitrogens with zero attached hydrogens (tertiary/aromatic N) is 3. The number of rotatable bonds is 2. The van der Waals surface area contributed by atoms with Crippen molar-refractivity contribution in [2.24, 2.45) is 11.8 Å². The van der Waals surface area contributed by atoms with Crippen LogP contribution in [0.25, 0.3) is 0 Å². The van der Waals surface area contributed by atoms with Crippen LogP contribution in [0.4, 0.5) is 9.93 Å². The Morgan fingerprint density at radius 2 is 2.16 bits per heavy atom. The second kappa shape index (κ2) is 5.52. The Morgan fingerprint density at radius 1 is 1.42 bits per heavy atom. The predicted octanol–water partition coefficient (Wildman–Crippen LogP) is 1.42. The van der Waals surface area contributed by atoms with E-state index >= 15 is 0 Å². The van der Waals surface area contributed by atoms with E-state index in [4.69, 9.17) is 5.11 Å². The Bertz CT molecular complexity index is 490. The highest BCUT2D eigenvalue weighted by atomic mass is 32.1. The topological polar surface area (TPSA) is 95.4 Å². The van der Waals surface area contributed by atoms with Gasteiger partial charge in [0.1, 0.15) is 5.01 Å². The molecule has 1 aromatic heterocycles. The number of urea groups is 1. The van der Waals surface area contributed by atoms with Gasteiger partial charge in [-0.25, -0.2) is 4.79 Å². The van der Waals surface area contributed by atoms with Crippen LogP contribution in [0.5, 0.6) is 0 Å². The highest BCUT2D eigenvalue weighted by Gasteiger charge is 2.32. The molecule has 2 amide bonds. The number of carbonyl (C=O) groups is 2. The third-order valence-corrected chi connectivity index (χ3v) is 3.79. The number of nitrogens with one attached hydrogen (secondary N) is 1. The monoisotopic (exact) mass is 284 g/mol. The number of piperidine rings is 1. The van der Waals surface area contributed by atoms with Crippen LogP contribution < -0.4 is 5.32 Å². The highest BCUT2D eigenvalue weighted by Crippen LogP contribution is 2.23. The van der Waals surface area contributed by atoms with Crippen molar-refractivity contribution in [2.45, 2.75) is 20.3 Å². The largest absolute Gasteiger partial charge is 0.481 e. The second-order valence-electron chi connectivity index (χ2n) is 4.84. The van der Waals surface area contributed by atoms with Gasteiger partial charge in [-0.3, -0.25) is 10.1 Å². The summed E-state index contributed by atoms with van der Waals surface area (Å²) in [6, 6.07) is -0.311. The zero-order valence-corrected chi connectivity index (χ0v) is 11.6. The first-order chi connectivity index (χ1) is 8.95. The lowest BCUT2D eigenvalue weighted by atomic mass is 9.91. The van der Waals surface area contributed by atoms with E-state index in [0.29, 0.717) is 18.1 Å². The first kappa shape index (κ1) is 13.7. The molecule has 0 aliphatic carbocycles. The molecule has 0 bridgehead atoms. The minimum Gasteiger partial charge on any atom is -0.481 e. The molecule has 2 unspecified atom stereocenters. The van der Waals surface area contributed by atoms with Gasteiger partial charge in [-0.15, -0.1) is 10.2 Å². The Kier molecular flexibility index (Phi) is 3.98. The maximum Gasteiger partial charge on any atom is 0.323 e. The molecule has 1 aromatic rings. The number of carboxylic acid groups (broad SMARTS) is 1. The molecule has 2 rings (SSSR count). The summed E-state index contributed by atoms with van der Waals surface area (Å²) in [4.78, 5) is 24.6. The summed E-state index contributed by atoms with van der Waals surface area (Å²) in [5, 5.41) is 20.6. The van der Waals surface area contributed by atoms with Crippen molar-refractivity contribution in [1.29, 1.82) is 0 Å². The molecule has 1 saturated heterocycles. The summed E-state index contributed by atoms with van der Waals surface area (Å²) in [6.07, 6.45) is 0.608. The highest BCUT2D eigenvalue weighted by molar-refractivity contribution is 7.15. The fraction of sp³-hybridized carbons (Fsp3) is 0.636. The number of aliphatic carboxylic acids is 1. The lowest BCUT2D eigenvalue weighted by Crippen LogP contribution is -2.47. The summed E-state index contributed by atoms with van der Waals surface area (Å²) in [6.45, 7) is 4.55. The fourth-order valence-electron chi connectivity index (χ4n) is 2.21. The number of hydrogen-bond acceptors (Lipinski definition) is 5. The van der Waals surface area contributed by atoms with E-state index in [0.717, 1.165) is 5.01 Å². The Morgan fingerprint density at radius 3 is 2.74 bits per heavy atom. The maximum absolute atomic E-state index is 12.1. The molecule has 8 heteroatoms. The Hall–Kier alpha value is -1.70. The summed E-state index contributed by atoms with van der Waals surface area (Å²) in [7, 11) is 0. The number of likely N-dealkylation sites (tertiary alicyclic amines) is 1. The molecule has 1 aliphatic heterocycles. The van der Waals surface area contributed by atoms with E-state index in [1.54, 1.807) is 6.92 Å². The fourth-order valence-corrected chi connectivity index (χ4v) is 2.80. The minimum absolute atomic E-state index is 0.178. The molecule has 1 aliphatic rings. The van der Waals surface area contributed by atoms with Crippen LogP contribution in [0.2, 0.25) is 0 Å². The smallest absolute Gasteiger partial charge is 0.323 e. The number of carboxylic acids is 1. The van der Waals surface area contributed by atoms with Crippen molar-refractivity contribution >= 4 is 28.5 Å². The van der Waals surface area contributed by atoms with Crippen molar-refractivity contribution in [1.82, 2.24) is 15.1 Å². The van der Waals surface area contributed by atoms with E-state index in [1.807, 2.05) is 6.92 Å². The maximum atomic E-state index is 12.1. The van der Waals surface area contributed by atoms with Gasteiger partial charge in [0.2, 0.25) is 5.13 Å². The van der Waals surface area contributed by atoms with Gasteiger partial charge in [0, 0.05) is 13.1 Å². The quantitative estimate of drug-likeness (QED) is 0.856. The van der Waals surface area contributed by atoms with Gasteiger partial charge in [0.05, 0.1) is 5.92 Å². The molecular formula is C11H16N4O3S. The minimum atomic E-state index is -0.851. The Labute approximate surface area is 114 Å². The SMILES string of the molecule is Cc1nnc(NC(=O)N2CC(C)CC(C(=O)O)C2)s1. The molecule has 104 valence electrons. The molecular weight excluding hydrogens is 268 g/mol. The molecule has 1 fully saturated rings. The summed E-state index contributed by atoms with van der Waals surface area (Å²) in [5.74, 6) is -1.17. The van der Waals surface area contributed by atoms with Crippen LogP contribution in [0.15, 0.2) is 0 Å². The van der Waals surface area contributed by atoms with Crippen LogP contribution in [0.1, 0.15) is 18.4 Å². The van der Waals surface area contributed by atoms with Gasteiger partial charge in [0.15, 0.2) is 0 Å². The number of anilines is 1. The molecule has 2 N–H and O–H groups in total. The molecule has 0 spiro atoms. The van der Waals surface area contributed by atoms with E-state index in [9.17, 15) is 9.59 Å². The molecule has 2 atom stereocenters. The van der Waals surface area contributed by atoms with Gasteiger partial charge in [-0.1, -0.05) is 18.3 Å². The predicted molar refractivity (Wildman–Crippen MR) is 70.1 cm³/mol. The van der Waals surface area contributed by atoms with Crippen molar-refractivity contribution in [2.75, 3.05) is 18.4 Å². The molecule has 19 heavy (non-hydrogen) atoms. The molecule has 2 heterocycles. The summed E-state index contributed by atoms with van der Waals surface area (Å²) >= 11 is 1.29. The van der Waals surface area contributed by atoms with E-state index in [1.165, 1.54) is 16.2 Å². The third kappa shape index (κ3) is 3.40. The number of amides is 2. The van der Waals surface area contributed by atoms with Gasteiger partial charge in [-0.2, -0.15) is 0 Å². The second-order valence-corrected chi connectivity index (χ2v) is 6.02. The van der Waals surface area contributed by atoms with Crippen molar-refractivity contribution < 1.29 is 14.7 Å². The average molecular weight is 284 g/mol. The molecule has 0 aromatic carbocycles. The van der Waals surface area contributed by atoms with Crippen LogP contribution >= 0.6 is 11.3 Å². The summed E-state index contributed by atoms with van der Waals surface area (Å²) in [5.41, 5.74) is 0. The average Bonchev–Trinajstić information content (AvgIpc) is 2.73. The number of carbonyl (C=O) groups excluding carboxylic acids is 1. The molecule has 7 nitrogen and oxygen atoms in total. The lowest BCUT2D eigenvalue weighted by molar-refractivity contribution is -0.143. The Balaban J connectivity index is 2.00. The third-order valence-electron chi connectivity index (χ3n) is 3.04. The zero-order chi connectivity index (χ0) is 14.0. The van der Waals surface area contributed by atoms with Gasteiger partial charge < -0.3 is 10.0 Å². The first-order valence-electron chi connectivity index (χ1n) is 6.04. The van der Waals surface area contributed by atoms with E-state index in [-0.39, 0.29) is 18.5 Å². The number of aromatic nitrogens is 2. The van der Waals surface area contributed by atoms with Crippen LogP contribution in [0, 0.1) is 18.8 Å². The summed E-state index contributed by atoms with van der Waals surface area (Å²) < 4.78 is 0. The number of hydrogen-bond donors (Lipinski definition) is 2. The zero-order valence-electron chi connectivity index (χ0n) is 10.8. The van der Waals surface area contributed by atoms with Gasteiger partial charge in [-0.05, 0) is 19.3 Å². The van der Waals surface area contributed by atoms with E-state index in [2.05, 4.69) is 15.5 Å². The van der Waals surface area contributed by atoms with Crippen LogP contribution in [0.3, 0.4) is 0 Å². The van der Waals surface area contributed by atoms with Crippen molar-refractivity contribution in [3.05, 3.63) is 5.01 Å². The van der Waals surface area contributed by atoms with Crippen LogP contribution in [-0.2, 0) is 4.79 Å². The van der Waals surface area contributed by atoms with Crippen LogP contribution in [-0.4, -0.2) is 45.3 Å². The van der Waals surface area contributed by atoms with E-state index < -0.39 is 11.9 Å². The molecule has 0 radical (unpaired) electrons. The van der Waals surface area contributed by atoms with Gasteiger partial charge >= 0.3 is 12.0 Å². The van der Waals surface area contributed by atoms with Crippen molar-refractivity contribution in [3.63, 3.8) is 0 Å². The lowest BCUT2D eigenvalue weighted by Gasteiger charge is -2.34. The van der Waals surface area contributed by atoms with Crippen molar-refractivity contribution in [3.8, 4) is 0 Å².